The molecule has 5 aromatic carbocycles. The van der Waals surface area contributed by atoms with Crippen LogP contribution in [-0.2, 0) is 45.6 Å². The van der Waals surface area contributed by atoms with E-state index in [1.165, 1.54) is 5.56 Å². The summed E-state index contributed by atoms with van der Waals surface area (Å²) in [5.74, 6) is -0.259. The van der Waals surface area contributed by atoms with Crippen molar-refractivity contribution in [3.8, 4) is 11.5 Å². The molecule has 9 rings (SSSR count). The fourth-order valence-electron chi connectivity index (χ4n) is 8.93. The summed E-state index contributed by atoms with van der Waals surface area (Å²) in [7, 11) is 1.00. The van der Waals surface area contributed by atoms with Crippen molar-refractivity contribution in [1.29, 1.82) is 0 Å². The lowest BCUT2D eigenvalue weighted by atomic mass is 10.0. The zero-order chi connectivity index (χ0) is 55.0. The zero-order valence-corrected chi connectivity index (χ0v) is 44.3. The number of carbonyl (C=O) groups excluding carboxylic acids is 2. The molecule has 408 valence electrons. The predicted octanol–water partition coefficient (Wildman–Crippen LogP) is 8.99. The highest BCUT2D eigenvalue weighted by molar-refractivity contribution is 5.94. The minimum atomic E-state index is -0.642. The molecule has 0 saturated carbocycles. The number of aromatic hydroxyl groups is 1. The number of aliphatic hydroxyl groups excluding tert-OH is 3. The molecule has 0 saturated heterocycles. The van der Waals surface area contributed by atoms with Gasteiger partial charge in [0.1, 0.15) is 29.5 Å². The van der Waals surface area contributed by atoms with Crippen LogP contribution in [-0.4, -0.2) is 81.6 Å². The van der Waals surface area contributed by atoms with Crippen molar-refractivity contribution < 1.29 is 34.8 Å². The quantitative estimate of drug-likeness (QED) is 0.0335. The molecule has 0 unspecified atom stereocenters. The molecular formula is C61H72N10O7. The van der Waals surface area contributed by atoms with Gasteiger partial charge in [-0.2, -0.15) is 0 Å². The largest absolute Gasteiger partial charge is 0.506 e. The summed E-state index contributed by atoms with van der Waals surface area (Å²) >= 11 is 0. The summed E-state index contributed by atoms with van der Waals surface area (Å²) in [4.78, 5) is 42.7. The third-order valence-corrected chi connectivity index (χ3v) is 12.8. The van der Waals surface area contributed by atoms with Crippen LogP contribution in [0.2, 0.25) is 0 Å². The number of primary amides is 2. The van der Waals surface area contributed by atoms with Gasteiger partial charge in [0, 0.05) is 56.2 Å². The van der Waals surface area contributed by atoms with Crippen LogP contribution in [0.3, 0.4) is 0 Å². The molecule has 0 aliphatic carbocycles. The molecule has 0 atom stereocenters. The predicted molar refractivity (Wildman–Crippen MR) is 308 cm³/mol. The number of nitrogens with one attached hydrogen (secondary N) is 2. The summed E-state index contributed by atoms with van der Waals surface area (Å²) in [6, 6.07) is 41.4. The number of aryl methyl sites for hydroxylation is 6. The van der Waals surface area contributed by atoms with Crippen molar-refractivity contribution in [2.75, 3.05) is 31.0 Å². The highest BCUT2D eigenvalue weighted by Gasteiger charge is 2.21. The summed E-state index contributed by atoms with van der Waals surface area (Å²) in [5.41, 5.74) is 26.8. The van der Waals surface area contributed by atoms with Crippen molar-refractivity contribution in [3.05, 3.63) is 201 Å². The van der Waals surface area contributed by atoms with Crippen molar-refractivity contribution >= 4 is 45.3 Å². The van der Waals surface area contributed by atoms with E-state index in [0.29, 0.717) is 60.7 Å². The molecule has 0 aliphatic rings. The van der Waals surface area contributed by atoms with E-state index < -0.39 is 11.8 Å². The summed E-state index contributed by atoms with van der Waals surface area (Å²) in [6.45, 7) is 10.2. The molecule has 0 fully saturated rings. The van der Waals surface area contributed by atoms with Crippen LogP contribution in [0.5, 0.6) is 11.5 Å². The smallest absolute Gasteiger partial charge is 0.284 e. The number of benzene rings is 5. The second-order valence-corrected chi connectivity index (χ2v) is 18.7. The van der Waals surface area contributed by atoms with Gasteiger partial charge in [0.05, 0.1) is 35.2 Å². The van der Waals surface area contributed by atoms with Gasteiger partial charge in [-0.1, -0.05) is 74.2 Å². The Morgan fingerprint density at radius 2 is 1.04 bits per heavy atom. The third kappa shape index (κ3) is 15.1. The molecule has 17 heteroatoms. The van der Waals surface area contributed by atoms with Crippen LogP contribution in [0.4, 0.5) is 11.4 Å². The number of anilines is 2. The number of nitrogens with two attached hydrogens (primary N) is 2. The number of amides is 2. The summed E-state index contributed by atoms with van der Waals surface area (Å²) in [6.07, 6.45) is 3.01. The lowest BCUT2D eigenvalue weighted by Gasteiger charge is -2.15. The van der Waals surface area contributed by atoms with Gasteiger partial charge in [0.15, 0.2) is 11.6 Å². The number of aromatic nitrogens is 6. The molecule has 4 aromatic heterocycles. The first-order chi connectivity index (χ1) is 37.3. The number of rotatable bonds is 21. The maximum Gasteiger partial charge on any atom is 0.284 e. The molecule has 0 radical (unpaired) electrons. The first-order valence-corrected chi connectivity index (χ1v) is 25.5. The maximum absolute atomic E-state index is 12.5. The van der Waals surface area contributed by atoms with E-state index in [1.807, 2.05) is 104 Å². The van der Waals surface area contributed by atoms with E-state index in [2.05, 4.69) is 68.9 Å². The maximum atomic E-state index is 12.5. The number of hydrogen-bond donors (Lipinski definition) is 8. The second kappa shape index (κ2) is 27.9. The Kier molecular flexibility index (Phi) is 21.0. The van der Waals surface area contributed by atoms with Gasteiger partial charge in [-0.05, 0) is 153 Å². The molecule has 4 heterocycles. The Balaban J connectivity index is 0.000000245. The molecule has 78 heavy (non-hydrogen) atoms. The number of imidazole rings is 2. The van der Waals surface area contributed by atoms with E-state index >= 15 is 0 Å². The van der Waals surface area contributed by atoms with Crippen LogP contribution >= 0.6 is 0 Å². The molecular weight excluding hydrogens is 985 g/mol. The normalized spacial score (nSPS) is 10.8. The molecule has 0 spiro atoms. The highest BCUT2D eigenvalue weighted by atomic mass is 16.5. The standard InChI is InChI=1S/C33H35N5O3.C26H29N5O3.CH4O.CH4/c1-22-10-13-26(9-6-16-39)28(17-22)35-19-25-12-14-27-30(18-25)38(33(37-27)32(34)40)20-29-31(15-11-23(2)36-29)41-21-24-7-4-3-5-8-24;1-16-5-8-19(4-3-11-32)21(12-16)28-14-18-7-9-20-23(13-18)31(26(30-20)25(27)34)15-22-24(33)10-6-17(2)29-22;1-2;/h3-5,7-8,10-15,17-18,35,39H,6,9,16,19-21H2,1-2H3,(H2,34,40);5-10,12-13,28,32-33H,3-4,11,14-15H2,1-2H3,(H2,27,34);2H,1H3;1H4. The van der Waals surface area contributed by atoms with Gasteiger partial charge < -0.3 is 56.4 Å². The first-order valence-electron chi connectivity index (χ1n) is 25.5. The van der Waals surface area contributed by atoms with Crippen LogP contribution in [0.15, 0.2) is 127 Å². The fourth-order valence-corrected chi connectivity index (χ4v) is 8.93. The van der Waals surface area contributed by atoms with Crippen LogP contribution < -0.4 is 26.8 Å². The number of ether oxygens (including phenoxy) is 1. The van der Waals surface area contributed by atoms with Crippen LogP contribution in [0, 0.1) is 27.7 Å². The summed E-state index contributed by atoms with van der Waals surface area (Å²) in [5, 5.41) is 42.8. The molecule has 10 N–H and O–H groups in total. The van der Waals surface area contributed by atoms with Gasteiger partial charge >= 0.3 is 0 Å². The minimum absolute atomic E-state index is 0. The topological polar surface area (TPSA) is 262 Å². The summed E-state index contributed by atoms with van der Waals surface area (Å²) < 4.78 is 9.67. The van der Waals surface area contributed by atoms with Crippen molar-refractivity contribution in [3.63, 3.8) is 0 Å². The lowest BCUT2D eigenvalue weighted by Crippen LogP contribution is -2.19. The molecule has 17 nitrogen and oxygen atoms in total. The zero-order valence-electron chi connectivity index (χ0n) is 44.3. The number of carbonyl (C=O) groups is 2. The van der Waals surface area contributed by atoms with Crippen LogP contribution in [0.25, 0.3) is 22.1 Å². The molecule has 0 aliphatic heterocycles. The Hall–Kier alpha value is -8.64. The highest BCUT2D eigenvalue weighted by Crippen LogP contribution is 2.28. The number of fused-ring (bicyclic) bond motifs is 2. The molecule has 9 aromatic rings. The van der Waals surface area contributed by atoms with Gasteiger partial charge in [-0.15, -0.1) is 0 Å². The van der Waals surface area contributed by atoms with Crippen LogP contribution in [0.1, 0.15) is 103 Å². The van der Waals surface area contributed by atoms with Crippen molar-refractivity contribution in [2.24, 2.45) is 11.5 Å². The Bertz CT molecular complexity index is 3470. The van der Waals surface area contributed by atoms with Crippen molar-refractivity contribution in [2.45, 2.75) is 93.6 Å². The molecule has 2 amide bonds. The van der Waals surface area contributed by atoms with E-state index in [4.69, 9.17) is 26.3 Å². The first kappa shape index (κ1) is 58.6. The Morgan fingerprint density at radius 1 is 0.564 bits per heavy atom. The lowest BCUT2D eigenvalue weighted by molar-refractivity contribution is 0.0979. The third-order valence-electron chi connectivity index (χ3n) is 12.8. The Labute approximate surface area is 455 Å². The van der Waals surface area contributed by atoms with E-state index in [9.17, 15) is 24.9 Å². The Morgan fingerprint density at radius 3 is 1.53 bits per heavy atom. The molecule has 0 bridgehead atoms. The number of nitrogens with zero attached hydrogens (tertiary/aromatic N) is 6. The number of pyridine rings is 2. The van der Waals surface area contributed by atoms with Gasteiger partial charge in [-0.3, -0.25) is 19.6 Å². The SMILES string of the molecule is C.CO.Cc1ccc(CCCO)c(NCc2ccc3nc(C(N)=O)n(Cc4nc(C)ccc4O)c3c2)c1.Cc1ccc(CCCO)c(NCc2ccc3nc(C(N)=O)n(Cc4nc(C)ccc4OCc4ccccc4)c3c2)c1. The second-order valence-electron chi connectivity index (χ2n) is 18.7. The number of aliphatic hydroxyl groups is 3. The van der Waals surface area contributed by atoms with Crippen molar-refractivity contribution in [1.82, 2.24) is 29.1 Å². The number of hydrogen-bond acceptors (Lipinski definition) is 13. The van der Waals surface area contributed by atoms with E-state index in [1.54, 1.807) is 16.7 Å². The van der Waals surface area contributed by atoms with Gasteiger partial charge in [0.25, 0.3) is 11.8 Å². The van der Waals surface area contributed by atoms with Gasteiger partial charge in [-0.25, -0.2) is 9.97 Å². The van der Waals surface area contributed by atoms with E-state index in [-0.39, 0.29) is 51.1 Å². The average molecular weight is 1060 g/mol. The monoisotopic (exact) mass is 1060 g/mol. The van der Waals surface area contributed by atoms with E-state index in [0.717, 1.165) is 87.1 Å². The fraction of sp³-hybridized carbons (Fsp3) is 0.279. The minimum Gasteiger partial charge on any atom is -0.506 e. The van der Waals surface area contributed by atoms with Gasteiger partial charge in [0.2, 0.25) is 0 Å². The average Bonchev–Trinajstić information content (AvgIpc) is 3.99.